The van der Waals surface area contributed by atoms with Gasteiger partial charge in [-0.15, -0.1) is 0 Å². The minimum atomic E-state index is -3.80. The highest BCUT2D eigenvalue weighted by atomic mass is 32.2. The first-order chi connectivity index (χ1) is 14.3. The van der Waals surface area contributed by atoms with Gasteiger partial charge in [0.05, 0.1) is 11.5 Å². The van der Waals surface area contributed by atoms with Gasteiger partial charge in [-0.25, -0.2) is 8.42 Å². The van der Waals surface area contributed by atoms with Crippen molar-refractivity contribution in [3.8, 4) is 5.75 Å². The third-order valence-electron chi connectivity index (χ3n) is 6.48. The molecule has 6 heteroatoms. The zero-order valence-electron chi connectivity index (χ0n) is 17.6. The first-order valence-corrected chi connectivity index (χ1v) is 12.1. The zero-order valence-corrected chi connectivity index (χ0v) is 18.4. The lowest BCUT2D eigenvalue weighted by molar-refractivity contribution is -0.123. The van der Waals surface area contributed by atoms with E-state index in [2.05, 4.69) is 5.32 Å². The number of ether oxygens (including phenoxy) is 1. The summed E-state index contributed by atoms with van der Waals surface area (Å²) in [5, 5.41) is 2.98. The van der Waals surface area contributed by atoms with Crippen LogP contribution in [0, 0.1) is 19.8 Å². The van der Waals surface area contributed by atoms with E-state index in [1.54, 1.807) is 13.0 Å². The molecule has 0 bridgehead atoms. The van der Waals surface area contributed by atoms with Crippen molar-refractivity contribution >= 4 is 15.7 Å². The lowest BCUT2D eigenvalue weighted by atomic mass is 9.96. The molecule has 0 aromatic heterocycles. The fourth-order valence-corrected chi connectivity index (χ4v) is 7.09. The van der Waals surface area contributed by atoms with Gasteiger partial charge in [0.1, 0.15) is 5.75 Å². The first-order valence-electron chi connectivity index (χ1n) is 10.6. The molecule has 1 unspecified atom stereocenters. The summed E-state index contributed by atoms with van der Waals surface area (Å²) in [7, 11) is -3.80. The van der Waals surface area contributed by atoms with Crippen molar-refractivity contribution in [3.63, 3.8) is 0 Å². The molecule has 2 aromatic rings. The van der Waals surface area contributed by atoms with Crippen molar-refractivity contribution in [2.24, 2.45) is 5.92 Å². The van der Waals surface area contributed by atoms with Crippen LogP contribution in [0.2, 0.25) is 0 Å². The van der Waals surface area contributed by atoms with Crippen molar-refractivity contribution in [2.45, 2.75) is 55.6 Å². The molecule has 0 spiro atoms. The van der Waals surface area contributed by atoms with E-state index in [-0.39, 0.29) is 16.7 Å². The quantitative estimate of drug-likeness (QED) is 0.789. The predicted molar refractivity (Wildman–Crippen MR) is 116 cm³/mol. The Hall–Kier alpha value is -2.34. The summed E-state index contributed by atoms with van der Waals surface area (Å²) in [6.45, 7) is 4.61. The lowest BCUT2D eigenvalue weighted by Crippen LogP contribution is -2.52. The second-order valence-electron chi connectivity index (χ2n) is 8.67. The van der Waals surface area contributed by atoms with Crippen LogP contribution in [0.5, 0.6) is 5.75 Å². The molecule has 5 nitrogen and oxygen atoms in total. The number of nitrogens with one attached hydrogen (secondary N) is 1. The molecule has 0 radical (unpaired) electrons. The predicted octanol–water partition coefficient (Wildman–Crippen LogP) is 3.76. The first kappa shape index (κ1) is 20.9. The van der Waals surface area contributed by atoms with Crippen molar-refractivity contribution in [1.29, 1.82) is 0 Å². The Morgan fingerprint density at radius 1 is 1.13 bits per heavy atom. The molecule has 2 aromatic carbocycles. The highest BCUT2D eigenvalue weighted by Crippen LogP contribution is 2.42. The number of para-hydroxylation sites is 1. The molecule has 1 N–H and O–H groups in total. The minimum absolute atomic E-state index is 0.130. The molecule has 1 fully saturated rings. The fourth-order valence-electron chi connectivity index (χ4n) is 4.69. The van der Waals surface area contributed by atoms with E-state index in [0.29, 0.717) is 31.6 Å². The van der Waals surface area contributed by atoms with Crippen molar-refractivity contribution < 1.29 is 17.9 Å². The molecule has 160 valence electrons. The highest BCUT2D eigenvalue weighted by Gasteiger charge is 2.53. The smallest absolute Gasteiger partial charge is 0.241 e. The van der Waals surface area contributed by atoms with Gasteiger partial charge in [-0.1, -0.05) is 43.2 Å². The second-order valence-corrected chi connectivity index (χ2v) is 10.9. The number of rotatable bonds is 5. The molecule has 1 atom stereocenters. The Balaban J connectivity index is 1.54. The molecule has 2 aliphatic rings. The number of amides is 1. The summed E-state index contributed by atoms with van der Waals surface area (Å²) < 4.78 is 31.8. The van der Waals surface area contributed by atoms with Gasteiger partial charge in [0, 0.05) is 12.5 Å². The van der Waals surface area contributed by atoms with E-state index in [9.17, 15) is 13.2 Å². The van der Waals surface area contributed by atoms with Crippen molar-refractivity contribution in [1.82, 2.24) is 5.32 Å². The summed E-state index contributed by atoms with van der Waals surface area (Å²) in [5.41, 5.74) is 2.70. The van der Waals surface area contributed by atoms with Crippen LogP contribution in [0.15, 0.2) is 47.4 Å². The van der Waals surface area contributed by atoms with Crippen LogP contribution >= 0.6 is 0 Å². The molecule has 0 saturated heterocycles. The standard InChI is InChI=1S/C24H29NO4S/c1-17-9-10-18(2)22(13-17)30(27,28)24(11-5-6-12-24)23(26)25-15-19-14-20-7-3-4-8-21(20)29-16-19/h3-4,7-10,13,19H,5-6,11-12,14-16H2,1-2H3,(H,25,26). The van der Waals surface area contributed by atoms with E-state index in [1.165, 1.54) is 0 Å². The lowest BCUT2D eigenvalue weighted by Gasteiger charge is -2.30. The average Bonchev–Trinajstić information content (AvgIpc) is 3.25. The van der Waals surface area contributed by atoms with Crippen LogP contribution < -0.4 is 10.1 Å². The molecule has 1 heterocycles. The maximum absolute atomic E-state index is 13.7. The topological polar surface area (TPSA) is 72.5 Å². The molecule has 4 rings (SSSR count). The van der Waals surface area contributed by atoms with Crippen LogP contribution in [-0.4, -0.2) is 32.2 Å². The summed E-state index contributed by atoms with van der Waals surface area (Å²) in [4.78, 5) is 13.6. The van der Waals surface area contributed by atoms with Crippen LogP contribution in [-0.2, 0) is 21.1 Å². The number of fused-ring (bicyclic) bond motifs is 1. The monoisotopic (exact) mass is 427 g/mol. The molecule has 1 aliphatic heterocycles. The Labute approximate surface area is 178 Å². The molecule has 1 amide bonds. The largest absolute Gasteiger partial charge is 0.493 e. The Bertz CT molecular complexity index is 1050. The maximum Gasteiger partial charge on any atom is 0.241 e. The normalized spacial score (nSPS) is 20.3. The summed E-state index contributed by atoms with van der Waals surface area (Å²) in [6, 6.07) is 13.3. The summed E-state index contributed by atoms with van der Waals surface area (Å²) >= 11 is 0. The fraction of sp³-hybridized carbons (Fsp3) is 0.458. The third-order valence-corrected chi connectivity index (χ3v) is 9.12. The van der Waals surface area contributed by atoms with Gasteiger partial charge < -0.3 is 10.1 Å². The van der Waals surface area contributed by atoms with Gasteiger partial charge in [-0.05, 0) is 61.9 Å². The average molecular weight is 428 g/mol. The van der Waals surface area contributed by atoms with Gasteiger partial charge in [0.2, 0.25) is 5.91 Å². The number of benzene rings is 2. The number of carbonyl (C=O) groups is 1. The van der Waals surface area contributed by atoms with Crippen LogP contribution in [0.1, 0.15) is 42.4 Å². The minimum Gasteiger partial charge on any atom is -0.493 e. The molecule has 1 aliphatic carbocycles. The summed E-state index contributed by atoms with van der Waals surface area (Å²) in [5.74, 6) is 0.662. The Morgan fingerprint density at radius 2 is 1.87 bits per heavy atom. The van der Waals surface area contributed by atoms with Crippen molar-refractivity contribution in [3.05, 3.63) is 59.2 Å². The van der Waals surface area contributed by atoms with E-state index in [4.69, 9.17) is 4.74 Å². The number of aryl methyl sites for hydroxylation is 2. The number of sulfone groups is 1. The van der Waals surface area contributed by atoms with Gasteiger partial charge in [-0.2, -0.15) is 0 Å². The van der Waals surface area contributed by atoms with Crippen LogP contribution in [0.4, 0.5) is 0 Å². The number of carbonyl (C=O) groups excluding carboxylic acids is 1. The summed E-state index contributed by atoms with van der Waals surface area (Å²) in [6.07, 6.45) is 3.05. The Morgan fingerprint density at radius 3 is 2.63 bits per heavy atom. The van der Waals surface area contributed by atoms with Crippen LogP contribution in [0.3, 0.4) is 0 Å². The second kappa shape index (κ2) is 8.06. The molecule has 30 heavy (non-hydrogen) atoms. The van der Waals surface area contributed by atoms with Gasteiger partial charge >= 0.3 is 0 Å². The zero-order chi connectivity index (χ0) is 21.4. The Kier molecular flexibility index (Phi) is 5.62. The molecular formula is C24H29NO4S. The van der Waals surface area contributed by atoms with E-state index < -0.39 is 14.6 Å². The van der Waals surface area contributed by atoms with E-state index >= 15 is 0 Å². The van der Waals surface area contributed by atoms with Crippen LogP contribution in [0.25, 0.3) is 0 Å². The van der Waals surface area contributed by atoms with Gasteiger partial charge in [0.15, 0.2) is 14.6 Å². The third kappa shape index (κ3) is 3.62. The number of hydrogen-bond acceptors (Lipinski definition) is 4. The maximum atomic E-state index is 13.7. The van der Waals surface area contributed by atoms with Gasteiger partial charge in [-0.3, -0.25) is 4.79 Å². The molecule has 1 saturated carbocycles. The van der Waals surface area contributed by atoms with E-state index in [0.717, 1.165) is 36.1 Å². The van der Waals surface area contributed by atoms with E-state index in [1.807, 2.05) is 43.3 Å². The number of hydrogen-bond donors (Lipinski definition) is 1. The highest BCUT2D eigenvalue weighted by molar-refractivity contribution is 7.93. The molecular weight excluding hydrogens is 398 g/mol. The SMILES string of the molecule is Cc1ccc(C)c(S(=O)(=O)C2(C(=O)NCC3COc4ccccc4C3)CCCC2)c1. The van der Waals surface area contributed by atoms with Crippen molar-refractivity contribution in [2.75, 3.05) is 13.2 Å². The van der Waals surface area contributed by atoms with Gasteiger partial charge in [0.25, 0.3) is 0 Å².